The summed E-state index contributed by atoms with van der Waals surface area (Å²) in [6.07, 6.45) is 7.79. The van der Waals surface area contributed by atoms with Crippen LogP contribution in [0.5, 0.6) is 5.75 Å². The van der Waals surface area contributed by atoms with Crippen molar-refractivity contribution in [3.8, 4) is 17.0 Å². The van der Waals surface area contributed by atoms with Crippen LogP contribution in [0.1, 0.15) is 92.6 Å². The molecule has 0 bridgehead atoms. The van der Waals surface area contributed by atoms with Crippen LogP contribution < -0.4 is 9.46 Å². The lowest BCUT2D eigenvalue weighted by molar-refractivity contribution is -0.140. The van der Waals surface area contributed by atoms with E-state index in [2.05, 4.69) is 34.2 Å². The molecule has 3 aliphatic rings. The van der Waals surface area contributed by atoms with Crippen molar-refractivity contribution in [1.29, 1.82) is 0 Å². The highest BCUT2D eigenvalue weighted by molar-refractivity contribution is 7.91. The number of sulfonamides is 1. The average molecular weight is 663 g/mol. The van der Waals surface area contributed by atoms with E-state index < -0.39 is 26.6 Å². The van der Waals surface area contributed by atoms with E-state index in [-0.39, 0.29) is 5.91 Å². The molecule has 1 aliphatic heterocycles. The van der Waals surface area contributed by atoms with Gasteiger partial charge in [0.05, 0.1) is 23.5 Å². The summed E-state index contributed by atoms with van der Waals surface area (Å²) in [7, 11) is 0.0680. The summed E-state index contributed by atoms with van der Waals surface area (Å²) < 4.78 is 35.6. The number of hydrogen-bond donors (Lipinski definition) is 1. The third kappa shape index (κ3) is 6.95. The number of ether oxygens (including phenoxy) is 1. The summed E-state index contributed by atoms with van der Waals surface area (Å²) in [5.74, 6) is 0.622. The molecule has 2 saturated carbocycles. The van der Waals surface area contributed by atoms with Gasteiger partial charge >= 0.3 is 0 Å². The SMILES string of the molecule is COc1ccc(-c2c(C3CCCCC3)c3ccc(C(=O)NS(=O)(=O)C4CC4)cc3n2CC(C)(C)C(=O)N2CCCN(C)CC2)c(C)c1. The first-order valence-electron chi connectivity index (χ1n) is 17.2. The van der Waals surface area contributed by atoms with E-state index in [4.69, 9.17) is 4.74 Å². The minimum absolute atomic E-state index is 0.121. The van der Waals surface area contributed by atoms with Gasteiger partial charge in [0.1, 0.15) is 5.75 Å². The molecule has 1 N–H and O–H groups in total. The molecule has 0 spiro atoms. The van der Waals surface area contributed by atoms with Crippen LogP contribution in [-0.2, 0) is 21.4 Å². The standard InChI is InChI=1S/C37H50N4O5S/c1-25-22-28(46-5)13-17-30(25)34-33(26-10-7-6-8-11-26)31-16-12-27(35(42)38-47(44,45)29-14-15-29)23-32(31)41(34)24-37(2,3)36(43)40-19-9-18-39(4)20-21-40/h12-13,16-17,22-23,26,29H,6-11,14-15,18-21,24H2,1-5H3,(H,38,42). The van der Waals surface area contributed by atoms with E-state index in [0.29, 0.717) is 37.4 Å². The van der Waals surface area contributed by atoms with Crippen LogP contribution in [0.15, 0.2) is 36.4 Å². The van der Waals surface area contributed by atoms with Crippen LogP contribution in [0.25, 0.3) is 22.2 Å². The largest absolute Gasteiger partial charge is 0.497 e. The van der Waals surface area contributed by atoms with Gasteiger partial charge in [-0.05, 0) is 114 Å². The van der Waals surface area contributed by atoms with E-state index in [0.717, 1.165) is 85.2 Å². The smallest absolute Gasteiger partial charge is 0.264 e. The Morgan fingerprint density at radius 1 is 0.936 bits per heavy atom. The van der Waals surface area contributed by atoms with E-state index in [1.807, 2.05) is 43.0 Å². The minimum atomic E-state index is -3.70. The molecule has 3 fully saturated rings. The summed E-state index contributed by atoms with van der Waals surface area (Å²) in [4.78, 5) is 32.0. The number of carbonyl (C=O) groups is 2. The number of amides is 2. The monoisotopic (exact) mass is 662 g/mol. The van der Waals surface area contributed by atoms with Crippen LogP contribution in [0, 0.1) is 12.3 Å². The number of likely N-dealkylation sites (N-methyl/N-ethyl adjacent to an activating group) is 1. The Bertz CT molecular complexity index is 1770. The van der Waals surface area contributed by atoms with Crippen molar-refractivity contribution in [2.45, 2.75) is 89.9 Å². The van der Waals surface area contributed by atoms with Crippen LogP contribution in [-0.4, -0.2) is 80.2 Å². The maximum Gasteiger partial charge on any atom is 0.264 e. The minimum Gasteiger partial charge on any atom is -0.497 e. The van der Waals surface area contributed by atoms with Crippen molar-refractivity contribution in [1.82, 2.24) is 19.1 Å². The number of aromatic nitrogens is 1. The first-order valence-corrected chi connectivity index (χ1v) is 18.8. The second-order valence-electron chi connectivity index (χ2n) is 14.6. The number of fused-ring (bicyclic) bond motifs is 1. The molecule has 3 aromatic rings. The Morgan fingerprint density at radius 2 is 1.68 bits per heavy atom. The number of aryl methyl sites for hydroxylation is 1. The third-order valence-corrected chi connectivity index (χ3v) is 12.2. The fourth-order valence-electron chi connectivity index (χ4n) is 7.60. The zero-order valence-electron chi connectivity index (χ0n) is 28.6. The lowest BCUT2D eigenvalue weighted by Crippen LogP contribution is -2.44. The molecule has 1 saturated heterocycles. The van der Waals surface area contributed by atoms with Gasteiger partial charge < -0.3 is 19.1 Å². The molecule has 2 aliphatic carbocycles. The summed E-state index contributed by atoms with van der Waals surface area (Å²) in [6, 6.07) is 11.7. The summed E-state index contributed by atoms with van der Waals surface area (Å²) in [5, 5.41) is 0.565. The summed E-state index contributed by atoms with van der Waals surface area (Å²) >= 11 is 0. The van der Waals surface area contributed by atoms with Gasteiger partial charge in [0.25, 0.3) is 5.91 Å². The van der Waals surface area contributed by atoms with Crippen molar-refractivity contribution >= 4 is 32.7 Å². The number of rotatable bonds is 9. The lowest BCUT2D eigenvalue weighted by Gasteiger charge is -2.33. The topological polar surface area (TPSA) is 101 Å². The number of benzene rings is 2. The van der Waals surface area contributed by atoms with Crippen molar-refractivity contribution in [3.63, 3.8) is 0 Å². The molecule has 0 atom stereocenters. The van der Waals surface area contributed by atoms with Crippen molar-refractivity contribution in [2.24, 2.45) is 5.41 Å². The lowest BCUT2D eigenvalue weighted by atomic mass is 9.81. The predicted octanol–water partition coefficient (Wildman–Crippen LogP) is 6.09. The maximum absolute atomic E-state index is 14.3. The first kappa shape index (κ1) is 33.5. The van der Waals surface area contributed by atoms with Gasteiger partial charge in [-0.3, -0.25) is 9.59 Å². The highest BCUT2D eigenvalue weighted by Gasteiger charge is 2.38. The fourth-order valence-corrected chi connectivity index (χ4v) is 8.90. The number of nitrogens with one attached hydrogen (secondary N) is 1. The second-order valence-corrected chi connectivity index (χ2v) is 16.6. The van der Waals surface area contributed by atoms with Gasteiger partial charge in [-0.1, -0.05) is 25.3 Å². The molecule has 2 heterocycles. The molecule has 47 heavy (non-hydrogen) atoms. The Balaban J connectivity index is 1.52. The third-order valence-electron chi connectivity index (χ3n) is 10.4. The molecule has 6 rings (SSSR count). The number of methoxy groups -OCH3 is 1. The van der Waals surface area contributed by atoms with Crippen molar-refractivity contribution in [2.75, 3.05) is 40.3 Å². The molecule has 1 aromatic heterocycles. The Morgan fingerprint density at radius 3 is 2.36 bits per heavy atom. The predicted molar refractivity (Wildman–Crippen MR) is 186 cm³/mol. The zero-order chi connectivity index (χ0) is 33.5. The molecule has 10 heteroatoms. The first-order chi connectivity index (χ1) is 22.4. The van der Waals surface area contributed by atoms with E-state index in [9.17, 15) is 18.0 Å². The maximum atomic E-state index is 14.3. The molecular formula is C37H50N4O5S. The van der Waals surface area contributed by atoms with Crippen molar-refractivity contribution < 1.29 is 22.7 Å². The molecule has 0 radical (unpaired) electrons. The Labute approximate surface area is 279 Å². The Kier molecular flexibility index (Phi) is 9.46. The quantitative estimate of drug-likeness (QED) is 0.298. The van der Waals surface area contributed by atoms with E-state index in [1.54, 1.807) is 13.2 Å². The zero-order valence-corrected chi connectivity index (χ0v) is 29.4. The normalized spacial score (nSPS) is 18.7. The second kappa shape index (κ2) is 13.3. The van der Waals surface area contributed by atoms with Crippen LogP contribution >= 0.6 is 0 Å². The van der Waals surface area contributed by atoms with Gasteiger partial charge in [-0.25, -0.2) is 13.1 Å². The number of carbonyl (C=O) groups excluding carboxylic acids is 2. The number of hydrogen-bond acceptors (Lipinski definition) is 6. The summed E-state index contributed by atoms with van der Waals surface area (Å²) in [6.45, 7) is 9.81. The molecule has 9 nitrogen and oxygen atoms in total. The molecule has 2 amide bonds. The average Bonchev–Trinajstić information content (AvgIpc) is 3.89. The van der Waals surface area contributed by atoms with Crippen LogP contribution in [0.3, 0.4) is 0 Å². The van der Waals surface area contributed by atoms with Crippen LogP contribution in [0.2, 0.25) is 0 Å². The van der Waals surface area contributed by atoms with Gasteiger partial charge in [0.15, 0.2) is 0 Å². The molecular weight excluding hydrogens is 612 g/mol. The Hall–Kier alpha value is -3.37. The molecule has 0 unspecified atom stereocenters. The van der Waals surface area contributed by atoms with Gasteiger partial charge in [0, 0.05) is 48.2 Å². The molecule has 254 valence electrons. The summed E-state index contributed by atoms with van der Waals surface area (Å²) in [5.41, 5.74) is 4.87. The van der Waals surface area contributed by atoms with Gasteiger partial charge in [-0.15, -0.1) is 0 Å². The number of nitrogens with zero attached hydrogens (tertiary/aromatic N) is 3. The molecule has 2 aromatic carbocycles. The van der Waals surface area contributed by atoms with Gasteiger partial charge in [-0.2, -0.15) is 0 Å². The van der Waals surface area contributed by atoms with E-state index >= 15 is 0 Å². The highest BCUT2D eigenvalue weighted by atomic mass is 32.2. The van der Waals surface area contributed by atoms with Crippen molar-refractivity contribution in [3.05, 3.63) is 53.1 Å². The van der Waals surface area contributed by atoms with Crippen LogP contribution in [0.4, 0.5) is 0 Å². The fraction of sp³-hybridized carbons (Fsp3) is 0.568. The van der Waals surface area contributed by atoms with Gasteiger partial charge in [0.2, 0.25) is 15.9 Å². The van der Waals surface area contributed by atoms with E-state index in [1.165, 1.54) is 12.0 Å². The highest BCUT2D eigenvalue weighted by Crippen LogP contribution is 2.46.